The molecule has 88 valence electrons. The lowest BCUT2D eigenvalue weighted by molar-refractivity contribution is 0.884. The van der Waals surface area contributed by atoms with Gasteiger partial charge in [0.2, 0.25) is 0 Å². The van der Waals surface area contributed by atoms with Crippen molar-refractivity contribution in [1.29, 1.82) is 0 Å². The number of hydrogen-bond donors (Lipinski definition) is 0. The topological polar surface area (TPSA) is 30.7 Å². The van der Waals surface area contributed by atoms with Crippen molar-refractivity contribution < 1.29 is 0 Å². The van der Waals surface area contributed by atoms with Crippen LogP contribution in [-0.2, 0) is 0 Å². The molecule has 0 saturated heterocycles. The number of nitrogens with zero attached hydrogens (tertiary/aromatic N) is 3. The minimum atomic E-state index is 0.722. The van der Waals surface area contributed by atoms with Crippen LogP contribution >= 0.6 is 11.6 Å². The molecule has 2 heterocycles. The van der Waals surface area contributed by atoms with Gasteiger partial charge >= 0.3 is 0 Å². The van der Waals surface area contributed by atoms with E-state index in [1.807, 2.05) is 53.3 Å². The lowest BCUT2D eigenvalue weighted by atomic mass is 10.2. The molecule has 0 amide bonds. The van der Waals surface area contributed by atoms with E-state index in [0.717, 1.165) is 22.0 Å². The molecule has 4 heteroatoms. The summed E-state index contributed by atoms with van der Waals surface area (Å²) in [4.78, 5) is 4.00. The SMILES string of the molecule is Clc1ccc(-n2ccc(-c3ccncc3)n2)cc1. The number of pyridine rings is 1. The fourth-order valence-corrected chi connectivity index (χ4v) is 1.86. The normalized spacial score (nSPS) is 10.5. The van der Waals surface area contributed by atoms with E-state index < -0.39 is 0 Å². The molecular formula is C14H10ClN3. The molecule has 0 bridgehead atoms. The molecule has 0 radical (unpaired) electrons. The summed E-state index contributed by atoms with van der Waals surface area (Å²) in [7, 11) is 0. The summed E-state index contributed by atoms with van der Waals surface area (Å²) < 4.78 is 1.83. The third-order valence-corrected chi connectivity index (χ3v) is 2.91. The third-order valence-electron chi connectivity index (χ3n) is 2.66. The van der Waals surface area contributed by atoms with E-state index in [2.05, 4.69) is 10.1 Å². The van der Waals surface area contributed by atoms with Crippen molar-refractivity contribution in [2.45, 2.75) is 0 Å². The summed E-state index contributed by atoms with van der Waals surface area (Å²) in [5.74, 6) is 0. The highest BCUT2D eigenvalue weighted by Gasteiger charge is 2.03. The molecule has 0 aliphatic rings. The second-order valence-electron chi connectivity index (χ2n) is 3.86. The van der Waals surface area contributed by atoms with E-state index in [-0.39, 0.29) is 0 Å². The van der Waals surface area contributed by atoms with E-state index in [9.17, 15) is 0 Å². The fraction of sp³-hybridized carbons (Fsp3) is 0. The van der Waals surface area contributed by atoms with Crippen molar-refractivity contribution in [2.24, 2.45) is 0 Å². The maximum absolute atomic E-state index is 5.86. The molecule has 0 atom stereocenters. The molecule has 3 aromatic rings. The van der Waals surface area contributed by atoms with Gasteiger partial charge < -0.3 is 0 Å². The van der Waals surface area contributed by atoms with E-state index in [1.54, 1.807) is 12.4 Å². The molecule has 3 nitrogen and oxygen atoms in total. The first-order chi connectivity index (χ1) is 8.83. The number of benzene rings is 1. The highest BCUT2D eigenvalue weighted by atomic mass is 35.5. The molecule has 18 heavy (non-hydrogen) atoms. The average molecular weight is 256 g/mol. The van der Waals surface area contributed by atoms with Gasteiger partial charge in [0, 0.05) is 29.2 Å². The summed E-state index contributed by atoms with van der Waals surface area (Å²) in [6.45, 7) is 0. The predicted molar refractivity (Wildman–Crippen MR) is 71.8 cm³/mol. The second kappa shape index (κ2) is 4.63. The van der Waals surface area contributed by atoms with Crippen LogP contribution in [-0.4, -0.2) is 14.8 Å². The molecule has 0 unspecified atom stereocenters. The molecule has 0 aliphatic heterocycles. The zero-order valence-electron chi connectivity index (χ0n) is 9.49. The summed E-state index contributed by atoms with van der Waals surface area (Å²) in [6, 6.07) is 13.4. The van der Waals surface area contributed by atoms with Gasteiger partial charge in [0.05, 0.1) is 11.4 Å². The quantitative estimate of drug-likeness (QED) is 0.701. The number of aromatic nitrogens is 3. The maximum Gasteiger partial charge on any atom is 0.0928 e. The third kappa shape index (κ3) is 2.13. The molecule has 0 spiro atoms. The van der Waals surface area contributed by atoms with Gasteiger partial charge in [-0.25, -0.2) is 4.68 Å². The summed E-state index contributed by atoms with van der Waals surface area (Å²) in [6.07, 6.45) is 5.45. The van der Waals surface area contributed by atoms with Crippen LogP contribution in [0, 0.1) is 0 Å². The fourth-order valence-electron chi connectivity index (χ4n) is 1.74. The van der Waals surface area contributed by atoms with Gasteiger partial charge in [-0.1, -0.05) is 11.6 Å². The molecule has 0 aliphatic carbocycles. The predicted octanol–water partition coefficient (Wildman–Crippen LogP) is 3.59. The Balaban J connectivity index is 1.97. The Bertz CT molecular complexity index is 644. The Kier molecular flexibility index (Phi) is 2.82. The molecule has 0 fully saturated rings. The molecule has 1 aromatic carbocycles. The maximum atomic E-state index is 5.86. The highest BCUT2D eigenvalue weighted by molar-refractivity contribution is 6.30. The summed E-state index contributed by atoms with van der Waals surface area (Å²) in [5.41, 5.74) is 2.96. The monoisotopic (exact) mass is 255 g/mol. The highest BCUT2D eigenvalue weighted by Crippen LogP contribution is 2.18. The van der Waals surface area contributed by atoms with Crippen LogP contribution in [0.4, 0.5) is 0 Å². The van der Waals surface area contributed by atoms with Crippen LogP contribution < -0.4 is 0 Å². The zero-order chi connectivity index (χ0) is 12.4. The van der Waals surface area contributed by atoms with Gasteiger partial charge in [-0.3, -0.25) is 4.98 Å². The van der Waals surface area contributed by atoms with Gasteiger partial charge in [0.15, 0.2) is 0 Å². The number of rotatable bonds is 2. The minimum Gasteiger partial charge on any atom is -0.265 e. The Labute approximate surface area is 110 Å². The smallest absolute Gasteiger partial charge is 0.0928 e. The first kappa shape index (κ1) is 11.0. The van der Waals surface area contributed by atoms with Crippen LogP contribution in [0.25, 0.3) is 16.9 Å². The van der Waals surface area contributed by atoms with Crippen molar-refractivity contribution in [3.8, 4) is 16.9 Å². The van der Waals surface area contributed by atoms with Crippen molar-refractivity contribution in [3.63, 3.8) is 0 Å². The van der Waals surface area contributed by atoms with Crippen LogP contribution in [0.2, 0.25) is 5.02 Å². The second-order valence-corrected chi connectivity index (χ2v) is 4.29. The van der Waals surface area contributed by atoms with E-state index in [1.165, 1.54) is 0 Å². The van der Waals surface area contributed by atoms with Crippen molar-refractivity contribution >= 4 is 11.6 Å². The lowest BCUT2D eigenvalue weighted by Crippen LogP contribution is -1.94. The van der Waals surface area contributed by atoms with Gasteiger partial charge in [-0.2, -0.15) is 5.10 Å². The number of halogens is 1. The van der Waals surface area contributed by atoms with Gasteiger partial charge in [0.1, 0.15) is 0 Å². The minimum absolute atomic E-state index is 0.722. The zero-order valence-corrected chi connectivity index (χ0v) is 10.2. The van der Waals surface area contributed by atoms with Crippen LogP contribution in [0.5, 0.6) is 0 Å². The molecule has 0 saturated carbocycles. The Morgan fingerprint density at radius 2 is 1.61 bits per heavy atom. The molecule has 3 rings (SSSR count). The molecule has 2 aromatic heterocycles. The van der Waals surface area contributed by atoms with Crippen LogP contribution in [0.15, 0.2) is 61.1 Å². The first-order valence-electron chi connectivity index (χ1n) is 5.55. The van der Waals surface area contributed by atoms with Crippen molar-refractivity contribution in [2.75, 3.05) is 0 Å². The first-order valence-corrected chi connectivity index (χ1v) is 5.93. The van der Waals surface area contributed by atoms with Crippen molar-refractivity contribution in [3.05, 3.63) is 66.1 Å². The largest absolute Gasteiger partial charge is 0.265 e. The van der Waals surface area contributed by atoms with E-state index >= 15 is 0 Å². The van der Waals surface area contributed by atoms with Gasteiger partial charge in [-0.15, -0.1) is 0 Å². The number of hydrogen-bond acceptors (Lipinski definition) is 2. The van der Waals surface area contributed by atoms with Crippen LogP contribution in [0.1, 0.15) is 0 Å². The van der Waals surface area contributed by atoms with E-state index in [4.69, 9.17) is 11.6 Å². The van der Waals surface area contributed by atoms with Gasteiger partial charge in [-0.05, 0) is 42.5 Å². The average Bonchev–Trinajstić information content (AvgIpc) is 2.90. The van der Waals surface area contributed by atoms with Crippen LogP contribution in [0.3, 0.4) is 0 Å². The Hall–Kier alpha value is -2.13. The Morgan fingerprint density at radius 3 is 2.33 bits per heavy atom. The lowest BCUT2D eigenvalue weighted by Gasteiger charge is -2.01. The molecular weight excluding hydrogens is 246 g/mol. The van der Waals surface area contributed by atoms with E-state index in [0.29, 0.717) is 0 Å². The standard InChI is InChI=1S/C14H10ClN3/c15-12-1-3-13(4-2-12)18-10-7-14(17-18)11-5-8-16-9-6-11/h1-10H. The van der Waals surface area contributed by atoms with Gasteiger partial charge in [0.25, 0.3) is 0 Å². The molecule has 0 N–H and O–H groups in total. The summed E-state index contributed by atoms with van der Waals surface area (Å²) in [5, 5.41) is 5.25. The Morgan fingerprint density at radius 1 is 0.889 bits per heavy atom. The van der Waals surface area contributed by atoms with Crippen molar-refractivity contribution in [1.82, 2.24) is 14.8 Å². The summed E-state index contributed by atoms with van der Waals surface area (Å²) >= 11 is 5.86.